The Morgan fingerprint density at radius 3 is 2.25 bits per heavy atom. The first-order valence-corrected chi connectivity index (χ1v) is 8.23. The quantitative estimate of drug-likeness (QED) is 0.490. The number of aromatic nitrogens is 2. The fraction of sp³-hybridized carbons (Fsp3) is 0.286. The van der Waals surface area contributed by atoms with Crippen LogP contribution in [0.2, 0.25) is 10.2 Å². The van der Waals surface area contributed by atoms with Crippen LogP contribution < -0.4 is 0 Å². The normalized spacial score (nSPS) is 11.8. The Morgan fingerprint density at radius 1 is 1.05 bits per heavy atom. The van der Waals surface area contributed by atoms with Gasteiger partial charge in [-0.1, -0.05) is 44.0 Å². The molecule has 0 amide bonds. The van der Waals surface area contributed by atoms with Crippen molar-refractivity contribution in [3.8, 4) is 11.4 Å². The maximum absolute atomic E-state index is 6.22. The number of rotatable bonds is 1. The average molecular weight is 439 g/mol. The highest BCUT2D eigenvalue weighted by atomic mass is 79.9. The summed E-state index contributed by atoms with van der Waals surface area (Å²) in [7, 11) is 0. The van der Waals surface area contributed by atoms with Gasteiger partial charge >= 0.3 is 0 Å². The van der Waals surface area contributed by atoms with Crippen LogP contribution in [0.4, 0.5) is 0 Å². The fourth-order valence-corrected chi connectivity index (χ4v) is 3.51. The summed E-state index contributed by atoms with van der Waals surface area (Å²) in [6.45, 7) is 6.24. The van der Waals surface area contributed by atoms with Crippen LogP contribution in [-0.2, 0) is 5.41 Å². The van der Waals surface area contributed by atoms with E-state index < -0.39 is 0 Å². The zero-order chi connectivity index (χ0) is 15.1. The molecule has 0 aliphatic heterocycles. The van der Waals surface area contributed by atoms with Gasteiger partial charge in [-0.15, -0.1) is 0 Å². The average Bonchev–Trinajstić information content (AvgIpc) is 2.31. The molecule has 0 saturated heterocycles. The molecule has 0 aliphatic carbocycles. The maximum atomic E-state index is 6.22. The first kappa shape index (κ1) is 16.2. The standard InChI is InChI=1S/C14H12Br2Cl2N2/c1-14(2,3)11-10(16)12(18)20-13(19-11)8-5-4-7(17)6-9(8)15/h4-6H,1-3H3. The molecule has 2 nitrogen and oxygen atoms in total. The summed E-state index contributed by atoms with van der Waals surface area (Å²) in [5.74, 6) is 0.576. The largest absolute Gasteiger partial charge is 0.231 e. The van der Waals surface area contributed by atoms with Crippen LogP contribution in [0.25, 0.3) is 11.4 Å². The van der Waals surface area contributed by atoms with Crippen LogP contribution >= 0.6 is 55.1 Å². The molecule has 0 unspecified atom stereocenters. The highest BCUT2D eigenvalue weighted by Crippen LogP contribution is 2.36. The number of nitrogens with zero attached hydrogens (tertiary/aromatic N) is 2. The topological polar surface area (TPSA) is 25.8 Å². The van der Waals surface area contributed by atoms with E-state index in [0.29, 0.717) is 16.0 Å². The maximum Gasteiger partial charge on any atom is 0.162 e. The molecule has 0 aliphatic rings. The molecule has 1 aromatic carbocycles. The van der Waals surface area contributed by atoms with Crippen LogP contribution in [0.3, 0.4) is 0 Å². The van der Waals surface area contributed by atoms with E-state index >= 15 is 0 Å². The van der Waals surface area contributed by atoms with Crippen molar-refractivity contribution in [2.75, 3.05) is 0 Å². The summed E-state index contributed by atoms with van der Waals surface area (Å²) >= 11 is 19.1. The first-order chi connectivity index (χ1) is 9.20. The predicted octanol–water partition coefficient (Wildman–Crippen LogP) is 6.27. The Balaban J connectivity index is 2.67. The zero-order valence-corrected chi connectivity index (χ0v) is 15.8. The van der Waals surface area contributed by atoms with E-state index in [1.807, 2.05) is 12.1 Å². The van der Waals surface area contributed by atoms with Crippen LogP contribution in [0.15, 0.2) is 27.1 Å². The molecular weight excluding hydrogens is 427 g/mol. The van der Waals surface area contributed by atoms with Crippen molar-refractivity contribution in [1.82, 2.24) is 9.97 Å². The molecule has 0 fully saturated rings. The molecule has 0 saturated carbocycles. The van der Waals surface area contributed by atoms with Gasteiger partial charge in [-0.05, 0) is 50.1 Å². The number of hydrogen-bond donors (Lipinski definition) is 0. The summed E-state index contributed by atoms with van der Waals surface area (Å²) in [5, 5.41) is 1.06. The van der Waals surface area contributed by atoms with Crippen LogP contribution in [0.5, 0.6) is 0 Å². The third-order valence-corrected chi connectivity index (χ3v) is 4.84. The van der Waals surface area contributed by atoms with Crippen molar-refractivity contribution in [2.24, 2.45) is 0 Å². The lowest BCUT2D eigenvalue weighted by molar-refractivity contribution is 0.564. The summed E-state index contributed by atoms with van der Waals surface area (Å²) in [5.41, 5.74) is 1.59. The van der Waals surface area contributed by atoms with E-state index in [1.165, 1.54) is 0 Å². The molecule has 0 atom stereocenters. The van der Waals surface area contributed by atoms with Crippen molar-refractivity contribution in [2.45, 2.75) is 26.2 Å². The smallest absolute Gasteiger partial charge is 0.162 e. The highest BCUT2D eigenvalue weighted by Gasteiger charge is 2.23. The summed E-state index contributed by atoms with van der Waals surface area (Å²) in [6, 6.07) is 5.49. The van der Waals surface area contributed by atoms with Gasteiger partial charge in [0.15, 0.2) is 5.82 Å². The van der Waals surface area contributed by atoms with Gasteiger partial charge in [-0.2, -0.15) is 0 Å². The van der Waals surface area contributed by atoms with Crippen molar-refractivity contribution in [3.63, 3.8) is 0 Å². The lowest BCUT2D eigenvalue weighted by Crippen LogP contribution is -2.16. The van der Waals surface area contributed by atoms with Crippen molar-refractivity contribution in [1.29, 1.82) is 0 Å². The molecule has 1 heterocycles. The predicted molar refractivity (Wildman–Crippen MR) is 91.6 cm³/mol. The minimum absolute atomic E-state index is 0.140. The van der Waals surface area contributed by atoms with Gasteiger partial charge in [-0.3, -0.25) is 0 Å². The molecule has 0 radical (unpaired) electrons. The molecule has 20 heavy (non-hydrogen) atoms. The molecule has 106 valence electrons. The zero-order valence-electron chi connectivity index (χ0n) is 11.1. The van der Waals surface area contributed by atoms with Crippen molar-refractivity contribution < 1.29 is 0 Å². The van der Waals surface area contributed by atoms with Crippen LogP contribution in [0, 0.1) is 0 Å². The Hall–Kier alpha value is -0.160. The van der Waals surface area contributed by atoms with Crippen LogP contribution in [0.1, 0.15) is 26.5 Å². The Labute approximate surface area is 145 Å². The Morgan fingerprint density at radius 2 is 1.70 bits per heavy atom. The summed E-state index contributed by atoms with van der Waals surface area (Å²) in [4.78, 5) is 8.99. The van der Waals surface area contributed by atoms with E-state index in [4.69, 9.17) is 23.2 Å². The molecule has 0 N–H and O–H groups in total. The number of halogens is 4. The van der Waals surface area contributed by atoms with Gasteiger partial charge in [0, 0.05) is 20.5 Å². The Bertz CT molecular complexity index is 667. The van der Waals surface area contributed by atoms with Crippen molar-refractivity contribution in [3.05, 3.63) is 43.0 Å². The summed E-state index contributed by atoms with van der Waals surface area (Å²) in [6.07, 6.45) is 0. The van der Waals surface area contributed by atoms with E-state index in [-0.39, 0.29) is 5.41 Å². The Kier molecular flexibility index (Phi) is 4.80. The van der Waals surface area contributed by atoms with Gasteiger partial charge < -0.3 is 0 Å². The van der Waals surface area contributed by atoms with Gasteiger partial charge in [0.1, 0.15) is 5.15 Å². The van der Waals surface area contributed by atoms with Gasteiger partial charge in [0.2, 0.25) is 0 Å². The van der Waals surface area contributed by atoms with E-state index in [2.05, 4.69) is 62.6 Å². The first-order valence-electron chi connectivity index (χ1n) is 5.89. The van der Waals surface area contributed by atoms with Gasteiger partial charge in [-0.25, -0.2) is 9.97 Å². The second-order valence-electron chi connectivity index (χ2n) is 5.37. The molecule has 2 aromatic rings. The minimum atomic E-state index is -0.140. The monoisotopic (exact) mass is 436 g/mol. The molecule has 6 heteroatoms. The molecule has 0 bridgehead atoms. The molecular formula is C14H12Br2Cl2N2. The number of benzene rings is 1. The van der Waals surface area contributed by atoms with Crippen LogP contribution in [-0.4, -0.2) is 9.97 Å². The highest BCUT2D eigenvalue weighted by molar-refractivity contribution is 9.11. The molecule has 2 rings (SSSR count). The van der Waals surface area contributed by atoms with Crippen molar-refractivity contribution >= 4 is 55.1 Å². The second-order valence-corrected chi connectivity index (χ2v) is 7.82. The van der Waals surface area contributed by atoms with Gasteiger partial charge in [0.05, 0.1) is 10.2 Å². The second kappa shape index (κ2) is 5.91. The third-order valence-electron chi connectivity index (χ3n) is 2.69. The SMILES string of the molecule is CC(C)(C)c1nc(-c2ccc(Cl)cc2Br)nc(Cl)c1Br. The van der Waals surface area contributed by atoms with Gasteiger partial charge in [0.25, 0.3) is 0 Å². The molecule has 1 aromatic heterocycles. The number of hydrogen-bond acceptors (Lipinski definition) is 2. The van der Waals surface area contributed by atoms with E-state index in [1.54, 1.807) is 6.07 Å². The minimum Gasteiger partial charge on any atom is -0.231 e. The third kappa shape index (κ3) is 3.35. The van der Waals surface area contributed by atoms with E-state index in [9.17, 15) is 0 Å². The molecule has 0 spiro atoms. The van der Waals surface area contributed by atoms with E-state index in [0.717, 1.165) is 20.2 Å². The lowest BCUT2D eigenvalue weighted by Gasteiger charge is -2.20. The summed E-state index contributed by atoms with van der Waals surface area (Å²) < 4.78 is 1.57. The fourth-order valence-electron chi connectivity index (χ4n) is 1.71. The lowest BCUT2D eigenvalue weighted by atomic mass is 9.92.